The van der Waals surface area contributed by atoms with Crippen molar-refractivity contribution < 1.29 is 27.2 Å². The van der Waals surface area contributed by atoms with Gasteiger partial charge in [-0.15, -0.1) is 0 Å². The fraction of sp³-hybridized carbons (Fsp3) is 0.368. The number of sulfonamides is 1. The third-order valence-electron chi connectivity index (χ3n) is 4.05. The van der Waals surface area contributed by atoms with Crippen molar-refractivity contribution in [1.82, 2.24) is 10.0 Å². The Morgan fingerprint density at radius 3 is 2.39 bits per heavy atom. The molecule has 1 amide bonds. The number of carbonyl (C=O) groups is 2. The zero-order valence-corrected chi connectivity index (χ0v) is 16.8. The van der Waals surface area contributed by atoms with Crippen LogP contribution in [-0.4, -0.2) is 32.9 Å². The quantitative estimate of drug-likeness (QED) is 0.616. The summed E-state index contributed by atoms with van der Waals surface area (Å²) in [5.41, 5.74) is 0.148. The number of esters is 1. The van der Waals surface area contributed by atoms with Crippen LogP contribution >= 0.6 is 0 Å². The standard InChI is InChI=1S/C19H24N2O6S/c1-4-13(2)21-28(24,25)16-9-7-15(8-10-16)19(23)27-12-18(22)20-14(3)17-6-5-11-26-17/h5-11,13-14,21H,4,12H2,1-3H3,(H,20,22)/t13-,14+/m1/s1. The number of hydrogen-bond acceptors (Lipinski definition) is 6. The minimum absolute atomic E-state index is 0.0503. The predicted octanol–water partition coefficient (Wildman–Crippen LogP) is 2.39. The molecule has 1 aromatic carbocycles. The summed E-state index contributed by atoms with van der Waals surface area (Å²) in [6.07, 6.45) is 2.16. The first-order valence-corrected chi connectivity index (χ1v) is 10.3. The zero-order valence-electron chi connectivity index (χ0n) is 16.0. The molecule has 0 fully saturated rings. The van der Waals surface area contributed by atoms with E-state index in [1.54, 1.807) is 26.0 Å². The second kappa shape index (κ2) is 9.52. The molecule has 9 heteroatoms. The Hall–Kier alpha value is -2.65. The Bertz CT molecular complexity index is 891. The van der Waals surface area contributed by atoms with Gasteiger partial charge in [0.05, 0.1) is 22.8 Å². The van der Waals surface area contributed by atoms with Crippen LogP contribution in [-0.2, 0) is 19.6 Å². The van der Waals surface area contributed by atoms with Crippen molar-refractivity contribution in [2.24, 2.45) is 0 Å². The molecular weight excluding hydrogens is 384 g/mol. The lowest BCUT2D eigenvalue weighted by atomic mass is 10.2. The van der Waals surface area contributed by atoms with E-state index >= 15 is 0 Å². The Labute approximate surface area is 164 Å². The molecule has 2 rings (SSSR count). The van der Waals surface area contributed by atoms with Gasteiger partial charge in [-0.2, -0.15) is 0 Å². The average Bonchev–Trinajstić information content (AvgIpc) is 3.20. The van der Waals surface area contributed by atoms with Crippen LogP contribution in [0, 0.1) is 0 Å². The van der Waals surface area contributed by atoms with Crippen LogP contribution in [0.5, 0.6) is 0 Å². The van der Waals surface area contributed by atoms with Gasteiger partial charge in [0.25, 0.3) is 5.91 Å². The Kier molecular flexibility index (Phi) is 7.36. The van der Waals surface area contributed by atoms with Crippen LogP contribution < -0.4 is 10.0 Å². The summed E-state index contributed by atoms with van der Waals surface area (Å²) >= 11 is 0. The van der Waals surface area contributed by atoms with E-state index in [1.807, 2.05) is 6.92 Å². The van der Waals surface area contributed by atoms with E-state index in [-0.39, 0.29) is 22.5 Å². The molecule has 0 bridgehead atoms. The summed E-state index contributed by atoms with van der Waals surface area (Å²) in [4.78, 5) is 24.0. The number of amides is 1. The molecule has 2 atom stereocenters. The van der Waals surface area contributed by atoms with Gasteiger partial charge in [-0.1, -0.05) is 6.92 Å². The van der Waals surface area contributed by atoms with Gasteiger partial charge >= 0.3 is 5.97 Å². The third-order valence-corrected chi connectivity index (χ3v) is 5.66. The van der Waals surface area contributed by atoms with E-state index in [0.717, 1.165) is 0 Å². The number of hydrogen-bond donors (Lipinski definition) is 2. The van der Waals surface area contributed by atoms with Gasteiger partial charge in [-0.05, 0) is 56.7 Å². The molecule has 0 saturated heterocycles. The molecule has 0 saturated carbocycles. The number of furan rings is 1. The van der Waals surface area contributed by atoms with Crippen molar-refractivity contribution in [3.8, 4) is 0 Å². The van der Waals surface area contributed by atoms with E-state index in [1.165, 1.54) is 30.5 Å². The molecule has 0 radical (unpaired) electrons. The molecule has 0 aliphatic heterocycles. The topological polar surface area (TPSA) is 115 Å². The van der Waals surface area contributed by atoms with E-state index in [9.17, 15) is 18.0 Å². The lowest BCUT2D eigenvalue weighted by Crippen LogP contribution is -2.32. The highest BCUT2D eigenvalue weighted by atomic mass is 32.2. The molecule has 0 aliphatic carbocycles. The van der Waals surface area contributed by atoms with Crippen molar-refractivity contribution in [2.45, 2.75) is 44.2 Å². The zero-order chi connectivity index (χ0) is 20.7. The van der Waals surface area contributed by atoms with E-state index in [2.05, 4.69) is 10.0 Å². The Balaban J connectivity index is 1.89. The van der Waals surface area contributed by atoms with Crippen molar-refractivity contribution >= 4 is 21.9 Å². The van der Waals surface area contributed by atoms with Gasteiger partial charge in [-0.25, -0.2) is 17.9 Å². The number of nitrogens with one attached hydrogen (secondary N) is 2. The lowest BCUT2D eigenvalue weighted by molar-refractivity contribution is -0.125. The lowest BCUT2D eigenvalue weighted by Gasteiger charge is -2.13. The first-order valence-electron chi connectivity index (χ1n) is 8.85. The summed E-state index contributed by atoms with van der Waals surface area (Å²) in [5.74, 6) is -0.615. The molecule has 0 aliphatic rings. The molecule has 1 heterocycles. The number of ether oxygens (including phenoxy) is 1. The normalized spacial score (nSPS) is 13.5. The highest BCUT2D eigenvalue weighted by Crippen LogP contribution is 2.13. The van der Waals surface area contributed by atoms with Gasteiger partial charge < -0.3 is 14.5 Å². The molecule has 152 valence electrons. The minimum atomic E-state index is -3.65. The van der Waals surface area contributed by atoms with Crippen molar-refractivity contribution in [1.29, 1.82) is 0 Å². The molecule has 2 N–H and O–H groups in total. The first-order chi connectivity index (χ1) is 13.2. The van der Waals surface area contributed by atoms with Crippen LogP contribution in [0.25, 0.3) is 0 Å². The fourth-order valence-electron chi connectivity index (χ4n) is 2.29. The highest BCUT2D eigenvalue weighted by molar-refractivity contribution is 7.89. The largest absolute Gasteiger partial charge is 0.467 e. The minimum Gasteiger partial charge on any atom is -0.467 e. The summed E-state index contributed by atoms with van der Waals surface area (Å²) in [5, 5.41) is 2.64. The SMILES string of the molecule is CC[C@@H](C)NS(=O)(=O)c1ccc(C(=O)OCC(=O)N[C@@H](C)c2ccco2)cc1. The maximum atomic E-state index is 12.2. The summed E-state index contributed by atoms with van der Waals surface area (Å²) in [7, 11) is -3.65. The van der Waals surface area contributed by atoms with Crippen molar-refractivity contribution in [3.63, 3.8) is 0 Å². The van der Waals surface area contributed by atoms with Gasteiger partial charge in [0.1, 0.15) is 5.76 Å². The van der Waals surface area contributed by atoms with Crippen LogP contribution in [0.4, 0.5) is 0 Å². The number of rotatable bonds is 9. The number of carbonyl (C=O) groups excluding carboxylic acids is 2. The monoisotopic (exact) mass is 408 g/mol. The Morgan fingerprint density at radius 1 is 1.14 bits per heavy atom. The van der Waals surface area contributed by atoms with Crippen LogP contribution in [0.3, 0.4) is 0 Å². The smallest absolute Gasteiger partial charge is 0.338 e. The fourth-order valence-corrected chi connectivity index (χ4v) is 3.62. The average molecular weight is 408 g/mol. The second-order valence-corrected chi connectivity index (χ2v) is 8.05. The van der Waals surface area contributed by atoms with Crippen molar-refractivity contribution in [3.05, 3.63) is 54.0 Å². The molecule has 0 unspecified atom stereocenters. The van der Waals surface area contributed by atoms with Gasteiger partial charge in [0.2, 0.25) is 10.0 Å². The van der Waals surface area contributed by atoms with Gasteiger partial charge in [0.15, 0.2) is 6.61 Å². The van der Waals surface area contributed by atoms with Crippen LogP contribution in [0.1, 0.15) is 49.4 Å². The number of benzene rings is 1. The molecule has 8 nitrogen and oxygen atoms in total. The summed E-state index contributed by atoms with van der Waals surface area (Å²) in [6, 6.07) is 8.21. The highest BCUT2D eigenvalue weighted by Gasteiger charge is 2.18. The van der Waals surface area contributed by atoms with Gasteiger partial charge in [0, 0.05) is 6.04 Å². The molecule has 28 heavy (non-hydrogen) atoms. The maximum Gasteiger partial charge on any atom is 0.338 e. The molecular formula is C19H24N2O6S. The summed E-state index contributed by atoms with van der Waals surface area (Å²) in [6.45, 7) is 4.92. The van der Waals surface area contributed by atoms with Crippen LogP contribution in [0.2, 0.25) is 0 Å². The summed E-state index contributed by atoms with van der Waals surface area (Å²) < 4.78 is 37.1. The third kappa shape index (κ3) is 5.93. The van der Waals surface area contributed by atoms with Gasteiger partial charge in [-0.3, -0.25) is 4.79 Å². The maximum absolute atomic E-state index is 12.2. The van der Waals surface area contributed by atoms with Crippen LogP contribution in [0.15, 0.2) is 52.0 Å². The predicted molar refractivity (Wildman–Crippen MR) is 102 cm³/mol. The Morgan fingerprint density at radius 2 is 1.82 bits per heavy atom. The van der Waals surface area contributed by atoms with E-state index in [4.69, 9.17) is 9.15 Å². The van der Waals surface area contributed by atoms with Crippen molar-refractivity contribution in [2.75, 3.05) is 6.61 Å². The van der Waals surface area contributed by atoms with E-state index in [0.29, 0.717) is 12.2 Å². The molecule has 0 spiro atoms. The molecule has 1 aromatic heterocycles. The second-order valence-electron chi connectivity index (χ2n) is 6.34. The van der Waals surface area contributed by atoms with E-state index < -0.39 is 28.5 Å². The molecule has 2 aromatic rings. The first kappa shape index (κ1) is 21.6.